The number of fused-ring (bicyclic) bond motifs is 1. The quantitative estimate of drug-likeness (QED) is 0.0629. The summed E-state index contributed by atoms with van der Waals surface area (Å²) >= 11 is 0. The van der Waals surface area contributed by atoms with Crippen LogP contribution in [0.15, 0.2) is 108 Å². The number of carbonyl (C=O) groups is 2. The molecule has 53 heavy (non-hydrogen) atoms. The van der Waals surface area contributed by atoms with E-state index in [-0.39, 0.29) is 30.4 Å². The number of aromatic amines is 1. The Morgan fingerprint density at radius 3 is 2.42 bits per heavy atom. The number of hydrogen-bond donors (Lipinski definition) is 6. The van der Waals surface area contributed by atoms with Gasteiger partial charge in [0, 0.05) is 36.7 Å². The number of aliphatic hydroxyl groups excluding tert-OH is 1. The molecule has 1 aliphatic rings. The highest BCUT2D eigenvalue weighted by Crippen LogP contribution is 2.29. The molecule has 11 nitrogen and oxygen atoms in total. The molecule has 0 bridgehead atoms. The van der Waals surface area contributed by atoms with Crippen LogP contribution in [0, 0.1) is 5.92 Å². The Morgan fingerprint density at radius 1 is 0.906 bits per heavy atom. The molecule has 4 aromatic carbocycles. The van der Waals surface area contributed by atoms with E-state index < -0.39 is 18.2 Å². The predicted molar refractivity (Wildman–Crippen MR) is 203 cm³/mol. The molecule has 1 aliphatic carbocycles. The Hall–Kier alpha value is -5.65. The first-order chi connectivity index (χ1) is 25.7. The molecule has 6 rings (SSSR count). The fourth-order valence-electron chi connectivity index (χ4n) is 7.08. The summed E-state index contributed by atoms with van der Waals surface area (Å²) < 4.78 is 6.09. The number of hydrogen-bond acceptors (Lipinski definition) is 7. The van der Waals surface area contributed by atoms with Crippen molar-refractivity contribution in [2.75, 3.05) is 26.2 Å². The summed E-state index contributed by atoms with van der Waals surface area (Å²) in [4.78, 5) is 41.7. The third-order valence-corrected chi connectivity index (χ3v) is 9.82. The molecule has 2 amide bonds. The second kappa shape index (κ2) is 17.7. The Morgan fingerprint density at radius 2 is 1.66 bits per heavy atom. The third kappa shape index (κ3) is 9.82. The van der Waals surface area contributed by atoms with Crippen LogP contribution in [0.3, 0.4) is 0 Å². The molecular formula is C42H46N4O7. The van der Waals surface area contributed by atoms with Gasteiger partial charge >= 0.3 is 6.09 Å². The van der Waals surface area contributed by atoms with Crippen molar-refractivity contribution in [1.29, 1.82) is 0 Å². The Labute approximate surface area is 308 Å². The van der Waals surface area contributed by atoms with E-state index in [0.717, 1.165) is 29.5 Å². The Balaban J connectivity index is 1.03. The number of nitrogens with zero attached hydrogens (tertiary/aromatic N) is 1. The van der Waals surface area contributed by atoms with E-state index in [4.69, 9.17) is 4.74 Å². The number of phenols is 1. The van der Waals surface area contributed by atoms with Crippen LogP contribution in [-0.2, 0) is 6.61 Å². The molecule has 1 heterocycles. The van der Waals surface area contributed by atoms with Gasteiger partial charge < -0.3 is 40.6 Å². The summed E-state index contributed by atoms with van der Waals surface area (Å²) in [6, 6.07) is 29.8. The maximum Gasteiger partial charge on any atom is 0.405 e. The summed E-state index contributed by atoms with van der Waals surface area (Å²) in [7, 11) is 0. The fraction of sp³-hybridized carbons (Fsp3) is 0.310. The Bertz CT molecular complexity index is 2050. The lowest BCUT2D eigenvalue weighted by atomic mass is 9.98. The molecule has 6 N–H and O–H groups in total. The van der Waals surface area contributed by atoms with Crippen LogP contribution >= 0.6 is 0 Å². The highest BCUT2D eigenvalue weighted by Gasteiger charge is 2.23. The number of ether oxygens (including phenoxy) is 1. The standard InChI is InChI=1S/C42H46N4O7/c47-36-20-18-34(35-19-21-38(49)44-40(35)36)37(48)25-43-22-7-23-46(26-28-8-4-5-9-28)41(50)31-16-14-29(15-17-31)27-53-33-13-6-12-32(24-33)39(45-42(51)52)30-10-2-1-3-11-30/h1-3,6,10-21,24,28,37,39,43,45,47-48H,4-5,7-9,22-23,25-27H2,(H,44,49)(H,51,52)/t37-,39-/m0/s1. The average molecular weight is 719 g/mol. The van der Waals surface area contributed by atoms with Crippen LogP contribution < -0.4 is 20.9 Å². The first-order valence-electron chi connectivity index (χ1n) is 18.1. The van der Waals surface area contributed by atoms with Crippen LogP contribution in [0.4, 0.5) is 4.79 Å². The van der Waals surface area contributed by atoms with Crippen molar-refractivity contribution < 1.29 is 29.6 Å². The Kier molecular flexibility index (Phi) is 12.4. The van der Waals surface area contributed by atoms with E-state index in [2.05, 4.69) is 15.6 Å². The summed E-state index contributed by atoms with van der Waals surface area (Å²) in [5, 5.41) is 37.0. The maximum atomic E-state index is 13.8. The molecule has 5 aromatic rings. The third-order valence-electron chi connectivity index (χ3n) is 9.82. The number of aliphatic hydroxyl groups is 1. The van der Waals surface area contributed by atoms with Crippen molar-refractivity contribution in [3.8, 4) is 11.5 Å². The molecule has 1 saturated carbocycles. The van der Waals surface area contributed by atoms with Gasteiger partial charge in [-0.25, -0.2) is 4.79 Å². The number of pyridine rings is 1. The lowest BCUT2D eigenvalue weighted by Gasteiger charge is -2.26. The minimum absolute atomic E-state index is 0.0143. The van der Waals surface area contributed by atoms with E-state index in [9.17, 15) is 29.7 Å². The van der Waals surface area contributed by atoms with Crippen LogP contribution in [0.5, 0.6) is 11.5 Å². The highest BCUT2D eigenvalue weighted by molar-refractivity contribution is 5.94. The molecule has 276 valence electrons. The van der Waals surface area contributed by atoms with Gasteiger partial charge in [-0.1, -0.05) is 73.5 Å². The van der Waals surface area contributed by atoms with Crippen LogP contribution in [0.1, 0.15) is 76.9 Å². The second-order valence-electron chi connectivity index (χ2n) is 13.6. The molecule has 1 aromatic heterocycles. The topological polar surface area (TPSA) is 164 Å². The van der Waals surface area contributed by atoms with Gasteiger partial charge in [-0.2, -0.15) is 0 Å². The number of aromatic hydroxyl groups is 1. The van der Waals surface area contributed by atoms with E-state index >= 15 is 0 Å². The summed E-state index contributed by atoms with van der Waals surface area (Å²) in [5.74, 6) is 1.02. The van der Waals surface area contributed by atoms with Gasteiger partial charge in [0.25, 0.3) is 5.91 Å². The van der Waals surface area contributed by atoms with Crippen LogP contribution in [-0.4, -0.2) is 63.4 Å². The zero-order valence-electron chi connectivity index (χ0n) is 29.5. The minimum Gasteiger partial charge on any atom is -0.506 e. The van der Waals surface area contributed by atoms with Gasteiger partial charge in [0.05, 0.1) is 17.7 Å². The first-order valence-corrected chi connectivity index (χ1v) is 18.1. The summed E-state index contributed by atoms with van der Waals surface area (Å²) in [6.07, 6.45) is 3.35. The molecule has 0 aliphatic heterocycles. The van der Waals surface area contributed by atoms with Gasteiger partial charge in [-0.3, -0.25) is 9.59 Å². The zero-order valence-corrected chi connectivity index (χ0v) is 29.5. The van der Waals surface area contributed by atoms with Gasteiger partial charge in [-0.15, -0.1) is 0 Å². The highest BCUT2D eigenvalue weighted by atomic mass is 16.5. The molecule has 2 atom stereocenters. The smallest absolute Gasteiger partial charge is 0.405 e. The molecule has 0 spiro atoms. The van der Waals surface area contributed by atoms with Crippen molar-refractivity contribution in [3.63, 3.8) is 0 Å². The van der Waals surface area contributed by atoms with E-state index in [1.54, 1.807) is 12.1 Å². The lowest BCUT2D eigenvalue weighted by molar-refractivity contribution is 0.0726. The number of benzene rings is 4. The van der Waals surface area contributed by atoms with E-state index in [1.165, 1.54) is 25.0 Å². The van der Waals surface area contributed by atoms with Crippen LogP contribution in [0.25, 0.3) is 10.9 Å². The van der Waals surface area contributed by atoms with Crippen LogP contribution in [0.2, 0.25) is 0 Å². The molecule has 0 radical (unpaired) electrons. The number of carboxylic acid groups (broad SMARTS) is 1. The summed E-state index contributed by atoms with van der Waals surface area (Å²) in [6.45, 7) is 2.43. The molecule has 11 heteroatoms. The molecular weight excluding hydrogens is 672 g/mol. The van der Waals surface area contributed by atoms with Crippen molar-refractivity contribution in [2.45, 2.75) is 50.9 Å². The number of phenolic OH excluding ortho intramolecular Hbond substituents is 1. The number of amides is 2. The molecule has 0 unspecified atom stereocenters. The number of H-pyrrole nitrogens is 1. The molecule has 1 fully saturated rings. The maximum absolute atomic E-state index is 13.8. The monoisotopic (exact) mass is 718 g/mol. The molecule has 0 saturated heterocycles. The average Bonchev–Trinajstić information content (AvgIpc) is 3.69. The van der Waals surface area contributed by atoms with Gasteiger partial charge in [-0.05, 0) is 90.4 Å². The predicted octanol–water partition coefficient (Wildman–Crippen LogP) is 6.52. The fourth-order valence-corrected chi connectivity index (χ4v) is 7.08. The van der Waals surface area contributed by atoms with Crippen molar-refractivity contribution >= 4 is 22.9 Å². The van der Waals surface area contributed by atoms with Crippen molar-refractivity contribution in [3.05, 3.63) is 141 Å². The van der Waals surface area contributed by atoms with E-state index in [0.29, 0.717) is 59.8 Å². The second-order valence-corrected chi connectivity index (χ2v) is 13.6. The van der Waals surface area contributed by atoms with Crippen molar-refractivity contribution in [1.82, 2.24) is 20.5 Å². The SMILES string of the molecule is O=C(O)N[C@@H](c1ccccc1)c1cccc(OCc2ccc(C(=O)N(CCCNC[C@H](O)c3ccc(O)c4[nH]c(=O)ccc34)CC3CCCC3)cc2)c1. The van der Waals surface area contributed by atoms with Gasteiger partial charge in [0.1, 0.15) is 18.1 Å². The van der Waals surface area contributed by atoms with Gasteiger partial charge in [0.15, 0.2) is 0 Å². The normalized spacial score (nSPS) is 14.1. The van der Waals surface area contributed by atoms with Gasteiger partial charge in [0.2, 0.25) is 5.56 Å². The number of nitrogens with one attached hydrogen (secondary N) is 3. The number of carbonyl (C=O) groups excluding carboxylic acids is 1. The first kappa shape index (κ1) is 37.1. The summed E-state index contributed by atoms with van der Waals surface area (Å²) in [5.41, 5.74) is 3.66. The minimum atomic E-state index is -1.12. The lowest BCUT2D eigenvalue weighted by Crippen LogP contribution is -2.37. The zero-order chi connectivity index (χ0) is 37.2. The number of aromatic nitrogens is 1. The number of rotatable bonds is 16. The van der Waals surface area contributed by atoms with E-state index in [1.807, 2.05) is 83.8 Å². The van der Waals surface area contributed by atoms with Crippen molar-refractivity contribution in [2.24, 2.45) is 5.92 Å². The largest absolute Gasteiger partial charge is 0.506 e.